The normalized spacial score (nSPS) is 13.5. The van der Waals surface area contributed by atoms with Crippen molar-refractivity contribution in [1.29, 1.82) is 0 Å². The molecule has 0 saturated heterocycles. The second-order valence-corrected chi connectivity index (χ2v) is 12.2. The predicted octanol–water partition coefficient (Wildman–Crippen LogP) is 7.32. The highest BCUT2D eigenvalue weighted by Crippen LogP contribution is 2.42. The lowest BCUT2D eigenvalue weighted by Crippen LogP contribution is -2.39. The second kappa shape index (κ2) is 12.9. The van der Waals surface area contributed by atoms with Gasteiger partial charge in [0.1, 0.15) is 24.7 Å². The van der Waals surface area contributed by atoms with Crippen LogP contribution in [0.1, 0.15) is 48.9 Å². The summed E-state index contributed by atoms with van der Waals surface area (Å²) in [4.78, 5) is 30.7. The molecule has 0 fully saturated rings. The highest BCUT2D eigenvalue weighted by Gasteiger charge is 2.37. The lowest BCUT2D eigenvalue weighted by molar-refractivity contribution is -0.122. The molecule has 2 amide bonds. The van der Waals surface area contributed by atoms with E-state index in [1.54, 1.807) is 6.20 Å². The Morgan fingerprint density at radius 1 is 0.708 bits per heavy atom. The molecule has 242 valence electrons. The fourth-order valence-electron chi connectivity index (χ4n) is 6.72. The minimum absolute atomic E-state index is 0.312. The van der Waals surface area contributed by atoms with Gasteiger partial charge in [-0.05, 0) is 60.4 Å². The quantitative estimate of drug-likeness (QED) is 0.122. The Bertz CT molecular complexity index is 2150. The number of imide groups is 1. The van der Waals surface area contributed by atoms with Crippen molar-refractivity contribution in [2.45, 2.75) is 45.4 Å². The van der Waals surface area contributed by atoms with E-state index in [-0.39, 0.29) is 5.54 Å². The van der Waals surface area contributed by atoms with Gasteiger partial charge in [-0.2, -0.15) is 0 Å². The van der Waals surface area contributed by atoms with E-state index in [0.29, 0.717) is 53.5 Å². The molecule has 6 aromatic rings. The molecule has 1 aliphatic rings. The highest BCUT2D eigenvalue weighted by atomic mass is 16.5. The predicted molar refractivity (Wildman–Crippen MR) is 189 cm³/mol. The Morgan fingerprint density at radius 3 is 1.85 bits per heavy atom. The number of hydrogen-bond donors (Lipinski definition) is 3. The zero-order valence-corrected chi connectivity index (χ0v) is 27.1. The number of amides is 2. The van der Waals surface area contributed by atoms with Crippen molar-refractivity contribution in [3.8, 4) is 11.5 Å². The number of aromatic nitrogens is 2. The third-order valence-electron chi connectivity index (χ3n) is 9.60. The first-order chi connectivity index (χ1) is 23.4. The van der Waals surface area contributed by atoms with Gasteiger partial charge < -0.3 is 24.8 Å². The smallest absolute Gasteiger partial charge is 0.259 e. The Hall–Kier alpha value is -5.60. The number of benzene rings is 4. The Kier molecular flexibility index (Phi) is 8.33. The van der Waals surface area contributed by atoms with Gasteiger partial charge in [-0.15, -0.1) is 0 Å². The van der Waals surface area contributed by atoms with E-state index in [9.17, 15) is 9.59 Å². The number of carbonyl (C=O) groups is 2. The molecule has 0 radical (unpaired) electrons. The van der Waals surface area contributed by atoms with Crippen LogP contribution in [0.25, 0.3) is 33.0 Å². The Labute approximate surface area is 279 Å². The van der Waals surface area contributed by atoms with Crippen molar-refractivity contribution in [1.82, 2.24) is 14.9 Å². The maximum absolute atomic E-state index is 13.8. The van der Waals surface area contributed by atoms with E-state index >= 15 is 0 Å². The second-order valence-electron chi connectivity index (χ2n) is 12.2. The number of nitrogens with two attached hydrogens (primary N) is 1. The lowest BCUT2D eigenvalue weighted by Gasteiger charge is -2.33. The van der Waals surface area contributed by atoms with Crippen LogP contribution in [0.4, 0.5) is 0 Å². The molecule has 0 unspecified atom stereocenters. The topological polar surface area (TPSA) is 111 Å². The van der Waals surface area contributed by atoms with Crippen molar-refractivity contribution in [2.75, 3.05) is 6.54 Å². The molecule has 0 aliphatic carbocycles. The van der Waals surface area contributed by atoms with E-state index < -0.39 is 11.8 Å². The summed E-state index contributed by atoms with van der Waals surface area (Å²) in [6.45, 7) is 5.47. The summed E-state index contributed by atoms with van der Waals surface area (Å²) in [6, 6.07) is 31.6. The molecule has 0 atom stereocenters. The molecule has 1 aliphatic heterocycles. The molecule has 8 heteroatoms. The monoisotopic (exact) mass is 638 g/mol. The van der Waals surface area contributed by atoms with Gasteiger partial charge in [0.25, 0.3) is 11.8 Å². The number of rotatable bonds is 12. The third-order valence-corrected chi connectivity index (χ3v) is 9.60. The summed E-state index contributed by atoms with van der Waals surface area (Å²) in [5.41, 5.74) is 11.8. The van der Waals surface area contributed by atoms with E-state index in [1.165, 1.54) is 0 Å². The molecule has 2 aromatic heterocycles. The molecular weight excluding hydrogens is 600 g/mol. The van der Waals surface area contributed by atoms with Gasteiger partial charge in [0.2, 0.25) is 0 Å². The minimum atomic E-state index is -0.444. The molecule has 4 N–H and O–H groups in total. The Morgan fingerprint density at radius 2 is 1.27 bits per heavy atom. The van der Waals surface area contributed by atoms with Crippen LogP contribution < -0.4 is 20.5 Å². The van der Waals surface area contributed by atoms with Crippen molar-refractivity contribution < 1.29 is 19.1 Å². The number of nitrogens with zero attached hydrogens (tertiary/aromatic N) is 1. The maximum atomic E-state index is 13.8. The van der Waals surface area contributed by atoms with E-state index in [0.717, 1.165) is 45.8 Å². The van der Waals surface area contributed by atoms with Crippen LogP contribution in [0, 0.1) is 0 Å². The summed E-state index contributed by atoms with van der Waals surface area (Å²) in [5.74, 6) is 0.437. The lowest BCUT2D eigenvalue weighted by atomic mass is 9.92. The van der Waals surface area contributed by atoms with Gasteiger partial charge in [0, 0.05) is 51.9 Å². The zero-order chi connectivity index (χ0) is 33.3. The largest absolute Gasteiger partial charge is 0.489 e. The van der Waals surface area contributed by atoms with Crippen LogP contribution in [-0.4, -0.2) is 27.9 Å². The average molecular weight is 639 g/mol. The van der Waals surface area contributed by atoms with Gasteiger partial charge >= 0.3 is 0 Å². The minimum Gasteiger partial charge on any atom is -0.489 e. The summed E-state index contributed by atoms with van der Waals surface area (Å²) in [5, 5.41) is 4.18. The van der Waals surface area contributed by atoms with Gasteiger partial charge in [0.15, 0.2) is 0 Å². The molecule has 7 rings (SSSR count). The van der Waals surface area contributed by atoms with Gasteiger partial charge in [-0.1, -0.05) is 74.5 Å². The van der Waals surface area contributed by atoms with Crippen molar-refractivity contribution >= 4 is 44.8 Å². The van der Waals surface area contributed by atoms with Crippen molar-refractivity contribution in [3.63, 3.8) is 0 Å². The average Bonchev–Trinajstić information content (AvgIpc) is 3.80. The van der Waals surface area contributed by atoms with E-state index in [1.807, 2.05) is 103 Å². The number of carbonyl (C=O) groups excluding carboxylic acids is 2. The Balaban J connectivity index is 1.37. The first-order valence-corrected chi connectivity index (χ1v) is 16.4. The first kappa shape index (κ1) is 31.0. The number of ether oxygens (including phenoxy) is 2. The molecule has 0 saturated carbocycles. The van der Waals surface area contributed by atoms with E-state index in [2.05, 4.69) is 28.7 Å². The molecule has 3 heterocycles. The van der Waals surface area contributed by atoms with E-state index in [4.69, 9.17) is 15.2 Å². The van der Waals surface area contributed by atoms with Crippen LogP contribution in [0.3, 0.4) is 0 Å². The third kappa shape index (κ3) is 5.54. The molecular formula is C40H38N4O4. The summed E-state index contributed by atoms with van der Waals surface area (Å²) in [7, 11) is 0. The van der Waals surface area contributed by atoms with Gasteiger partial charge in [-0.25, -0.2) is 0 Å². The van der Waals surface area contributed by atoms with Gasteiger partial charge in [-0.3, -0.25) is 14.9 Å². The SMILES string of the molecule is CCC(CC)(CN)n1cc(C2=C(c3c[nH]c4ccc(OCc5ccccc5)cc34)C(=O)NC2=O)c2cc(OCc3ccccc3)ccc21. The van der Waals surface area contributed by atoms with Crippen LogP contribution in [0.15, 0.2) is 109 Å². The number of H-pyrrole nitrogens is 1. The zero-order valence-electron chi connectivity index (χ0n) is 27.1. The fourth-order valence-corrected chi connectivity index (χ4v) is 6.72. The van der Waals surface area contributed by atoms with Crippen molar-refractivity contribution in [2.24, 2.45) is 5.73 Å². The van der Waals surface area contributed by atoms with Crippen molar-refractivity contribution in [3.05, 3.63) is 132 Å². The molecule has 8 nitrogen and oxygen atoms in total. The molecule has 4 aromatic carbocycles. The highest BCUT2D eigenvalue weighted by molar-refractivity contribution is 6.50. The number of nitrogens with one attached hydrogen (secondary N) is 2. The molecule has 0 bridgehead atoms. The first-order valence-electron chi connectivity index (χ1n) is 16.4. The van der Waals surface area contributed by atoms with Crippen LogP contribution >= 0.6 is 0 Å². The van der Waals surface area contributed by atoms with Crippen LogP contribution in [0.5, 0.6) is 11.5 Å². The molecule has 48 heavy (non-hydrogen) atoms. The maximum Gasteiger partial charge on any atom is 0.259 e. The van der Waals surface area contributed by atoms with Crippen LogP contribution in [-0.2, 0) is 28.3 Å². The summed E-state index contributed by atoms with van der Waals surface area (Å²) < 4.78 is 14.5. The standard InChI is InChI=1S/C40H38N4O4/c1-3-40(4-2,25-41)44-22-33(31-20-29(16-18-35(31)44)48-24-27-13-9-6-10-14-27)37-36(38(45)43-39(37)46)32-21-42-34-17-15-28(19-30(32)34)47-23-26-11-7-5-8-12-26/h5-22,42H,3-4,23-25,41H2,1-2H3,(H,43,45,46). The number of fused-ring (bicyclic) bond motifs is 2. The fraction of sp³-hybridized carbons (Fsp3) is 0.200. The van der Waals surface area contributed by atoms with Crippen LogP contribution in [0.2, 0.25) is 0 Å². The summed E-state index contributed by atoms with van der Waals surface area (Å²) >= 11 is 0. The van der Waals surface area contributed by atoms with Gasteiger partial charge in [0.05, 0.1) is 16.7 Å². The summed E-state index contributed by atoms with van der Waals surface area (Å²) in [6.07, 6.45) is 5.36. The number of hydrogen-bond acceptors (Lipinski definition) is 5. The number of aromatic amines is 1. The molecule has 0 spiro atoms.